The van der Waals surface area contributed by atoms with Crippen LogP contribution in [0, 0.1) is 6.92 Å². The molecular formula is C20H20Cl2N4O2S. The number of halogens is 2. The van der Waals surface area contributed by atoms with Gasteiger partial charge in [0.2, 0.25) is 5.91 Å². The molecule has 29 heavy (non-hydrogen) atoms. The molecule has 0 fully saturated rings. The summed E-state index contributed by atoms with van der Waals surface area (Å²) in [6, 6.07) is 12.4. The van der Waals surface area contributed by atoms with Crippen molar-refractivity contribution in [3.8, 4) is 5.75 Å². The summed E-state index contributed by atoms with van der Waals surface area (Å²) in [5.74, 6) is 1.48. The van der Waals surface area contributed by atoms with Gasteiger partial charge in [-0.15, -0.1) is 10.2 Å². The molecule has 1 N–H and O–H groups in total. The number of aryl methyl sites for hydroxylation is 1. The zero-order valence-electron chi connectivity index (χ0n) is 16.1. The number of nitrogens with one attached hydrogen (secondary N) is 1. The molecule has 0 saturated heterocycles. The third-order valence-electron chi connectivity index (χ3n) is 4.13. The molecule has 1 heterocycles. The minimum atomic E-state index is -0.315. The van der Waals surface area contributed by atoms with Crippen LogP contribution < -0.4 is 10.1 Å². The maximum absolute atomic E-state index is 12.2. The average Bonchev–Trinajstić information content (AvgIpc) is 3.05. The molecule has 0 saturated carbocycles. The van der Waals surface area contributed by atoms with Gasteiger partial charge in [-0.2, -0.15) is 0 Å². The van der Waals surface area contributed by atoms with Gasteiger partial charge in [-0.3, -0.25) is 4.79 Å². The fourth-order valence-corrected chi connectivity index (χ4v) is 3.73. The molecular weight excluding hydrogens is 431 g/mol. The largest absolute Gasteiger partial charge is 0.482 e. The number of carbonyl (C=O) groups excluding carboxylic acids is 1. The lowest BCUT2D eigenvalue weighted by Crippen LogP contribution is -2.14. The minimum absolute atomic E-state index is 0.136. The van der Waals surface area contributed by atoms with E-state index in [9.17, 15) is 4.79 Å². The van der Waals surface area contributed by atoms with Crippen LogP contribution in [-0.2, 0) is 11.8 Å². The van der Waals surface area contributed by atoms with Gasteiger partial charge in [-0.25, -0.2) is 0 Å². The average molecular weight is 451 g/mol. The lowest BCUT2D eigenvalue weighted by atomic mass is 10.2. The standard InChI is InChI=1S/C20H20Cl2N4O2S/c1-12-10-15(22)6-9-17(12)28-13(2)19-24-25-20(26(19)3)29-11-18(27)23-16-7-4-14(21)5-8-16/h4-10,13H,11H2,1-3H3,(H,23,27). The Labute approximate surface area is 183 Å². The number of nitrogens with zero attached hydrogens (tertiary/aromatic N) is 3. The van der Waals surface area contributed by atoms with Crippen LogP contribution in [0.25, 0.3) is 0 Å². The Morgan fingerprint density at radius 1 is 1.17 bits per heavy atom. The number of thioether (sulfide) groups is 1. The van der Waals surface area contributed by atoms with E-state index in [-0.39, 0.29) is 17.8 Å². The molecule has 0 bridgehead atoms. The number of aromatic nitrogens is 3. The Morgan fingerprint density at radius 2 is 1.86 bits per heavy atom. The summed E-state index contributed by atoms with van der Waals surface area (Å²) in [6.45, 7) is 3.84. The van der Waals surface area contributed by atoms with Crippen LogP contribution in [-0.4, -0.2) is 26.4 Å². The molecule has 0 aliphatic heterocycles. The number of benzene rings is 2. The summed E-state index contributed by atoms with van der Waals surface area (Å²) in [5.41, 5.74) is 1.64. The van der Waals surface area contributed by atoms with Crippen LogP contribution in [0.2, 0.25) is 10.0 Å². The predicted molar refractivity (Wildman–Crippen MR) is 117 cm³/mol. The van der Waals surface area contributed by atoms with Crippen molar-refractivity contribution in [3.05, 3.63) is 63.9 Å². The molecule has 2 aromatic carbocycles. The van der Waals surface area contributed by atoms with E-state index in [4.69, 9.17) is 27.9 Å². The van der Waals surface area contributed by atoms with E-state index < -0.39 is 0 Å². The summed E-state index contributed by atoms with van der Waals surface area (Å²) < 4.78 is 7.84. The highest BCUT2D eigenvalue weighted by molar-refractivity contribution is 7.99. The smallest absolute Gasteiger partial charge is 0.234 e. The van der Waals surface area contributed by atoms with Crippen molar-refractivity contribution >= 4 is 46.6 Å². The maximum atomic E-state index is 12.2. The highest BCUT2D eigenvalue weighted by Gasteiger charge is 2.18. The highest BCUT2D eigenvalue weighted by atomic mass is 35.5. The number of hydrogen-bond donors (Lipinski definition) is 1. The number of anilines is 1. The first-order chi connectivity index (χ1) is 13.8. The zero-order valence-corrected chi connectivity index (χ0v) is 18.5. The minimum Gasteiger partial charge on any atom is -0.482 e. The summed E-state index contributed by atoms with van der Waals surface area (Å²) >= 11 is 13.1. The zero-order chi connectivity index (χ0) is 21.0. The van der Waals surface area contributed by atoms with E-state index in [1.54, 1.807) is 30.3 Å². The first-order valence-corrected chi connectivity index (χ1v) is 10.6. The Kier molecular flexibility index (Phi) is 7.05. The van der Waals surface area contributed by atoms with Crippen molar-refractivity contribution in [2.45, 2.75) is 25.1 Å². The van der Waals surface area contributed by atoms with Crippen LogP contribution in [0.1, 0.15) is 24.4 Å². The second-order valence-electron chi connectivity index (χ2n) is 6.41. The number of carbonyl (C=O) groups is 1. The molecule has 3 rings (SSSR count). The van der Waals surface area contributed by atoms with E-state index in [0.717, 1.165) is 11.3 Å². The quantitative estimate of drug-likeness (QED) is 0.494. The van der Waals surface area contributed by atoms with Crippen molar-refractivity contribution in [1.29, 1.82) is 0 Å². The number of amides is 1. The SMILES string of the molecule is Cc1cc(Cl)ccc1OC(C)c1nnc(SCC(=O)Nc2ccc(Cl)cc2)n1C. The van der Waals surface area contributed by atoms with Gasteiger partial charge in [0.15, 0.2) is 17.1 Å². The number of rotatable bonds is 7. The fraction of sp³-hybridized carbons (Fsp3) is 0.250. The van der Waals surface area contributed by atoms with Crippen LogP contribution in [0.4, 0.5) is 5.69 Å². The summed E-state index contributed by atoms with van der Waals surface area (Å²) in [4.78, 5) is 12.2. The molecule has 1 atom stereocenters. The van der Waals surface area contributed by atoms with Crippen molar-refractivity contribution < 1.29 is 9.53 Å². The third-order valence-corrected chi connectivity index (χ3v) is 5.64. The molecule has 0 radical (unpaired) electrons. The van der Waals surface area contributed by atoms with Crippen LogP contribution in [0.5, 0.6) is 5.75 Å². The van der Waals surface area contributed by atoms with E-state index >= 15 is 0 Å². The normalized spacial score (nSPS) is 11.9. The fourth-order valence-electron chi connectivity index (χ4n) is 2.65. The Bertz CT molecular complexity index is 1010. The topological polar surface area (TPSA) is 69.0 Å². The van der Waals surface area contributed by atoms with Crippen LogP contribution in [0.15, 0.2) is 47.6 Å². The van der Waals surface area contributed by atoms with Gasteiger partial charge >= 0.3 is 0 Å². The first kappa shape index (κ1) is 21.5. The lowest BCUT2D eigenvalue weighted by Gasteiger charge is -2.16. The monoisotopic (exact) mass is 450 g/mol. The summed E-state index contributed by atoms with van der Waals surface area (Å²) in [5, 5.41) is 13.1. The van der Waals surface area contributed by atoms with Crippen molar-refractivity contribution in [2.75, 3.05) is 11.1 Å². The predicted octanol–water partition coefficient (Wildman–Crippen LogP) is 5.30. The van der Waals surface area contributed by atoms with Gasteiger partial charge in [-0.05, 0) is 61.9 Å². The van der Waals surface area contributed by atoms with Gasteiger partial charge in [0, 0.05) is 22.8 Å². The molecule has 1 aromatic heterocycles. The van der Waals surface area contributed by atoms with E-state index in [1.807, 2.05) is 37.6 Å². The third kappa shape index (κ3) is 5.65. The van der Waals surface area contributed by atoms with E-state index in [0.29, 0.717) is 26.7 Å². The second kappa shape index (κ2) is 9.52. The Morgan fingerprint density at radius 3 is 2.55 bits per heavy atom. The molecule has 1 unspecified atom stereocenters. The summed E-state index contributed by atoms with van der Waals surface area (Å²) in [6.07, 6.45) is -0.315. The second-order valence-corrected chi connectivity index (χ2v) is 8.23. The molecule has 0 aliphatic rings. The molecule has 0 aliphatic carbocycles. The molecule has 152 valence electrons. The van der Waals surface area contributed by atoms with Gasteiger partial charge in [0.25, 0.3) is 0 Å². The van der Waals surface area contributed by atoms with Crippen molar-refractivity contribution in [3.63, 3.8) is 0 Å². The maximum Gasteiger partial charge on any atom is 0.234 e. The van der Waals surface area contributed by atoms with Gasteiger partial charge < -0.3 is 14.6 Å². The van der Waals surface area contributed by atoms with Crippen molar-refractivity contribution in [2.24, 2.45) is 7.05 Å². The number of hydrogen-bond acceptors (Lipinski definition) is 5. The lowest BCUT2D eigenvalue weighted by molar-refractivity contribution is -0.113. The van der Waals surface area contributed by atoms with Crippen LogP contribution >= 0.6 is 35.0 Å². The Balaban J connectivity index is 1.59. The molecule has 1 amide bonds. The van der Waals surface area contributed by atoms with Gasteiger partial charge in [0.1, 0.15) is 5.75 Å². The molecule has 0 spiro atoms. The van der Waals surface area contributed by atoms with E-state index in [2.05, 4.69) is 15.5 Å². The van der Waals surface area contributed by atoms with Crippen molar-refractivity contribution in [1.82, 2.24) is 14.8 Å². The number of ether oxygens (including phenoxy) is 1. The highest BCUT2D eigenvalue weighted by Crippen LogP contribution is 2.27. The molecule has 3 aromatic rings. The molecule has 9 heteroatoms. The summed E-state index contributed by atoms with van der Waals surface area (Å²) in [7, 11) is 1.85. The van der Waals surface area contributed by atoms with E-state index in [1.165, 1.54) is 11.8 Å². The first-order valence-electron chi connectivity index (χ1n) is 8.84. The Hall–Kier alpha value is -2.22. The van der Waals surface area contributed by atoms with Gasteiger partial charge in [0.05, 0.1) is 5.75 Å². The molecule has 6 nitrogen and oxygen atoms in total. The van der Waals surface area contributed by atoms with Crippen LogP contribution in [0.3, 0.4) is 0 Å². The van der Waals surface area contributed by atoms with Gasteiger partial charge in [-0.1, -0.05) is 35.0 Å².